The van der Waals surface area contributed by atoms with Crippen LogP contribution in [0.3, 0.4) is 0 Å². The second kappa shape index (κ2) is 7.43. The van der Waals surface area contributed by atoms with E-state index in [1.54, 1.807) is 6.07 Å². The van der Waals surface area contributed by atoms with Gasteiger partial charge < -0.3 is 10.6 Å². The van der Waals surface area contributed by atoms with Crippen LogP contribution in [0, 0.1) is 10.1 Å². The van der Waals surface area contributed by atoms with Gasteiger partial charge >= 0.3 is 0 Å². The molecule has 3 aromatic carbocycles. The number of nitro benzene ring substituents is 1. The summed E-state index contributed by atoms with van der Waals surface area (Å²) < 4.78 is 0. The van der Waals surface area contributed by atoms with E-state index < -0.39 is 10.8 Å². The summed E-state index contributed by atoms with van der Waals surface area (Å²) in [5, 5.41) is 17.8. The minimum absolute atomic E-state index is 0.102. The Morgan fingerprint density at radius 1 is 0.923 bits per heavy atom. The summed E-state index contributed by atoms with van der Waals surface area (Å²) in [7, 11) is 0. The topological polar surface area (TPSA) is 101 Å². The smallest absolute Gasteiger partial charge is 0.269 e. The fraction of sp³-hybridized carbons (Fsp3) is 0.0526. The number of carbonyl (C=O) groups excluding carboxylic acids is 2. The minimum atomic E-state index is -0.542. The Bertz CT molecular complexity index is 978. The molecule has 0 saturated heterocycles. The van der Waals surface area contributed by atoms with E-state index in [1.165, 1.54) is 24.3 Å². The molecule has 0 heterocycles. The van der Waals surface area contributed by atoms with Gasteiger partial charge in [0.15, 0.2) is 0 Å². The van der Waals surface area contributed by atoms with Gasteiger partial charge in [-0.1, -0.05) is 36.4 Å². The number of amides is 2. The Kier molecular flexibility index (Phi) is 4.89. The monoisotopic (exact) mass is 349 g/mol. The van der Waals surface area contributed by atoms with Crippen molar-refractivity contribution in [2.75, 3.05) is 11.9 Å². The zero-order chi connectivity index (χ0) is 18.5. The number of nitro groups is 1. The molecule has 0 radical (unpaired) electrons. The third-order valence-electron chi connectivity index (χ3n) is 3.81. The fourth-order valence-corrected chi connectivity index (χ4v) is 2.53. The molecule has 3 rings (SSSR count). The first-order valence-corrected chi connectivity index (χ1v) is 7.85. The molecule has 0 aliphatic heterocycles. The molecule has 0 unspecified atom stereocenters. The van der Waals surface area contributed by atoms with Gasteiger partial charge in [0.05, 0.1) is 11.5 Å². The molecule has 0 aliphatic rings. The lowest BCUT2D eigenvalue weighted by molar-refractivity contribution is -0.384. The van der Waals surface area contributed by atoms with Crippen molar-refractivity contribution < 1.29 is 14.5 Å². The standard InChI is InChI=1S/C19H15N3O4/c23-18(21-17-7-3-5-13-4-1-2-6-16(13)17)12-20-19(24)14-8-10-15(11-9-14)22(25)26/h1-11H,12H2,(H,20,24)(H,21,23). The molecule has 0 fully saturated rings. The van der Waals surface area contributed by atoms with Crippen molar-refractivity contribution >= 4 is 34.0 Å². The molecule has 0 saturated carbocycles. The second-order valence-corrected chi connectivity index (χ2v) is 5.56. The second-order valence-electron chi connectivity index (χ2n) is 5.56. The Morgan fingerprint density at radius 3 is 2.35 bits per heavy atom. The Hall–Kier alpha value is -3.74. The summed E-state index contributed by atoms with van der Waals surface area (Å²) in [5.41, 5.74) is 0.807. The number of nitrogens with one attached hydrogen (secondary N) is 2. The lowest BCUT2D eigenvalue weighted by atomic mass is 10.1. The fourth-order valence-electron chi connectivity index (χ4n) is 2.53. The normalized spacial score (nSPS) is 10.3. The number of carbonyl (C=O) groups is 2. The lowest BCUT2D eigenvalue weighted by Crippen LogP contribution is -2.32. The van der Waals surface area contributed by atoms with Gasteiger partial charge in [0.25, 0.3) is 11.6 Å². The quantitative estimate of drug-likeness (QED) is 0.546. The van der Waals surface area contributed by atoms with E-state index in [9.17, 15) is 19.7 Å². The molecule has 7 nitrogen and oxygen atoms in total. The summed E-state index contributed by atoms with van der Waals surface area (Å²) in [6, 6.07) is 18.4. The van der Waals surface area contributed by atoms with E-state index in [0.29, 0.717) is 5.69 Å². The number of hydrogen-bond donors (Lipinski definition) is 2. The molecule has 130 valence electrons. The van der Waals surface area contributed by atoms with Crippen LogP contribution in [0.4, 0.5) is 11.4 Å². The van der Waals surface area contributed by atoms with Gasteiger partial charge in [0.1, 0.15) is 0 Å². The minimum Gasteiger partial charge on any atom is -0.343 e. The number of fused-ring (bicyclic) bond motifs is 1. The highest BCUT2D eigenvalue weighted by Crippen LogP contribution is 2.22. The van der Waals surface area contributed by atoms with Gasteiger partial charge in [-0.05, 0) is 23.6 Å². The summed E-state index contributed by atoms with van der Waals surface area (Å²) in [6.07, 6.45) is 0. The van der Waals surface area contributed by atoms with Crippen molar-refractivity contribution in [3.63, 3.8) is 0 Å². The highest BCUT2D eigenvalue weighted by Gasteiger charge is 2.11. The van der Waals surface area contributed by atoms with Gasteiger partial charge in [-0.15, -0.1) is 0 Å². The maximum Gasteiger partial charge on any atom is 0.269 e. The van der Waals surface area contributed by atoms with Crippen LogP contribution >= 0.6 is 0 Å². The third kappa shape index (κ3) is 3.84. The number of rotatable bonds is 5. The van der Waals surface area contributed by atoms with E-state index in [0.717, 1.165) is 10.8 Å². The van der Waals surface area contributed by atoms with E-state index in [4.69, 9.17) is 0 Å². The van der Waals surface area contributed by atoms with Crippen molar-refractivity contribution in [3.8, 4) is 0 Å². The van der Waals surface area contributed by atoms with Crippen molar-refractivity contribution in [1.29, 1.82) is 0 Å². The van der Waals surface area contributed by atoms with Gasteiger partial charge in [-0.3, -0.25) is 19.7 Å². The first-order chi connectivity index (χ1) is 12.5. The van der Waals surface area contributed by atoms with Crippen molar-refractivity contribution in [1.82, 2.24) is 5.32 Å². The SMILES string of the molecule is O=C(CNC(=O)c1ccc([N+](=O)[O-])cc1)Nc1cccc2ccccc12. The Morgan fingerprint density at radius 2 is 1.62 bits per heavy atom. The zero-order valence-corrected chi connectivity index (χ0v) is 13.6. The molecule has 2 N–H and O–H groups in total. The summed E-state index contributed by atoms with van der Waals surface area (Å²) in [6.45, 7) is -0.209. The first kappa shape index (κ1) is 17.1. The molecule has 0 aliphatic carbocycles. The highest BCUT2D eigenvalue weighted by molar-refractivity contribution is 6.04. The van der Waals surface area contributed by atoms with Gasteiger partial charge in [-0.25, -0.2) is 0 Å². The molecule has 0 aromatic heterocycles. The first-order valence-electron chi connectivity index (χ1n) is 7.85. The van der Waals surface area contributed by atoms with E-state index >= 15 is 0 Å². The molecular formula is C19H15N3O4. The molecule has 0 spiro atoms. The summed E-state index contributed by atoms with van der Waals surface area (Å²) in [5.74, 6) is -0.843. The van der Waals surface area contributed by atoms with E-state index in [-0.39, 0.29) is 23.7 Å². The Labute approximate surface area is 148 Å². The van der Waals surface area contributed by atoms with Crippen LogP contribution in [0.15, 0.2) is 66.7 Å². The molecule has 0 atom stereocenters. The molecule has 7 heteroatoms. The summed E-state index contributed by atoms with van der Waals surface area (Å²) >= 11 is 0. The predicted molar refractivity (Wildman–Crippen MR) is 98.0 cm³/mol. The van der Waals surface area contributed by atoms with Crippen molar-refractivity contribution in [2.45, 2.75) is 0 Å². The Balaban J connectivity index is 1.61. The van der Waals surface area contributed by atoms with Gasteiger partial charge in [0.2, 0.25) is 5.91 Å². The van der Waals surface area contributed by atoms with Gasteiger partial charge in [0, 0.05) is 28.8 Å². The molecule has 3 aromatic rings. The average Bonchev–Trinajstić information content (AvgIpc) is 2.66. The number of anilines is 1. The van der Waals surface area contributed by atoms with E-state index in [1.807, 2.05) is 36.4 Å². The number of benzene rings is 3. The molecular weight excluding hydrogens is 334 g/mol. The molecule has 26 heavy (non-hydrogen) atoms. The maximum atomic E-state index is 12.1. The van der Waals surface area contributed by atoms with Crippen LogP contribution in [0.2, 0.25) is 0 Å². The van der Waals surface area contributed by atoms with Crippen LogP contribution in [-0.2, 0) is 4.79 Å². The number of nitrogens with zero attached hydrogens (tertiary/aromatic N) is 1. The molecule has 0 bridgehead atoms. The van der Waals surface area contributed by atoms with Crippen molar-refractivity contribution in [3.05, 3.63) is 82.4 Å². The molecule has 2 amide bonds. The van der Waals surface area contributed by atoms with Crippen LogP contribution in [0.25, 0.3) is 10.8 Å². The number of hydrogen-bond acceptors (Lipinski definition) is 4. The maximum absolute atomic E-state index is 12.1. The average molecular weight is 349 g/mol. The van der Waals surface area contributed by atoms with Crippen LogP contribution in [-0.4, -0.2) is 23.3 Å². The predicted octanol–water partition coefficient (Wildman–Crippen LogP) is 3.12. The number of non-ortho nitro benzene ring substituents is 1. The summed E-state index contributed by atoms with van der Waals surface area (Å²) in [4.78, 5) is 34.2. The van der Waals surface area contributed by atoms with E-state index in [2.05, 4.69) is 10.6 Å². The highest BCUT2D eigenvalue weighted by atomic mass is 16.6. The van der Waals surface area contributed by atoms with Crippen LogP contribution in [0.1, 0.15) is 10.4 Å². The zero-order valence-electron chi connectivity index (χ0n) is 13.6. The van der Waals surface area contributed by atoms with Crippen LogP contribution < -0.4 is 10.6 Å². The van der Waals surface area contributed by atoms with Crippen LogP contribution in [0.5, 0.6) is 0 Å². The largest absolute Gasteiger partial charge is 0.343 e. The van der Waals surface area contributed by atoms with Gasteiger partial charge in [-0.2, -0.15) is 0 Å². The third-order valence-corrected chi connectivity index (χ3v) is 3.81. The lowest BCUT2D eigenvalue weighted by Gasteiger charge is -2.09. The van der Waals surface area contributed by atoms with Crippen molar-refractivity contribution in [2.24, 2.45) is 0 Å².